The Balaban J connectivity index is 1.73. The van der Waals surface area contributed by atoms with Crippen molar-refractivity contribution in [2.24, 2.45) is 0 Å². The molecule has 2 heterocycles. The summed E-state index contributed by atoms with van der Waals surface area (Å²) in [5.74, 6) is 2.03. The van der Waals surface area contributed by atoms with Gasteiger partial charge in [0.25, 0.3) is 0 Å². The number of rotatable bonds is 10. The van der Waals surface area contributed by atoms with E-state index >= 15 is 0 Å². The maximum atomic E-state index is 9.37. The fourth-order valence-electron chi connectivity index (χ4n) is 3.72. The van der Waals surface area contributed by atoms with E-state index in [0.29, 0.717) is 36.2 Å². The summed E-state index contributed by atoms with van der Waals surface area (Å²) in [4.78, 5) is 15.8. The lowest BCUT2D eigenvalue weighted by Gasteiger charge is -2.44. The van der Waals surface area contributed by atoms with Crippen molar-refractivity contribution in [3.63, 3.8) is 0 Å². The summed E-state index contributed by atoms with van der Waals surface area (Å²) in [6, 6.07) is 11.8. The number of methoxy groups -OCH3 is 2. The van der Waals surface area contributed by atoms with Crippen LogP contribution in [0.1, 0.15) is 26.5 Å². The molecular formula is C28H37N5O4S. The molecule has 0 atom stereocenters. The van der Waals surface area contributed by atoms with Gasteiger partial charge in [0.1, 0.15) is 17.8 Å². The van der Waals surface area contributed by atoms with Gasteiger partial charge < -0.3 is 23.7 Å². The molecular weight excluding hydrogens is 502 g/mol. The van der Waals surface area contributed by atoms with E-state index in [1.165, 1.54) is 0 Å². The maximum Gasteiger partial charge on any atom is 0.157 e. The second-order valence-electron chi connectivity index (χ2n) is 10.2. The highest BCUT2D eigenvalue weighted by Gasteiger charge is 2.29. The van der Waals surface area contributed by atoms with Crippen LogP contribution < -0.4 is 14.4 Å². The topological polar surface area (TPSA) is 94.8 Å². The zero-order valence-electron chi connectivity index (χ0n) is 23.1. The molecule has 38 heavy (non-hydrogen) atoms. The molecule has 0 aliphatic carbocycles. The predicted molar refractivity (Wildman–Crippen MR) is 154 cm³/mol. The van der Waals surface area contributed by atoms with Gasteiger partial charge in [0.15, 0.2) is 5.82 Å². The fourth-order valence-corrected chi connectivity index (χ4v) is 4.57. The highest BCUT2D eigenvalue weighted by molar-refractivity contribution is 8.29. The minimum Gasteiger partial charge on any atom is -0.497 e. The minimum absolute atomic E-state index is 0.0647. The zero-order valence-corrected chi connectivity index (χ0v) is 24.0. The number of hydrogen-bond donors (Lipinski definition) is 1. The van der Waals surface area contributed by atoms with Crippen LogP contribution in [0, 0.1) is 0 Å². The molecule has 0 bridgehead atoms. The Kier molecular flexibility index (Phi) is 8.15. The largest absolute Gasteiger partial charge is 0.497 e. The van der Waals surface area contributed by atoms with Gasteiger partial charge in [-0.25, -0.2) is 9.97 Å². The minimum atomic E-state index is -1.28. The second kappa shape index (κ2) is 11.2. The molecule has 0 aliphatic heterocycles. The number of aromatic nitrogens is 4. The Bertz CT molecular complexity index is 1380. The average molecular weight is 540 g/mol. The van der Waals surface area contributed by atoms with Crippen LogP contribution in [0.4, 0.5) is 11.4 Å². The highest BCUT2D eigenvalue weighted by Crippen LogP contribution is 2.53. The number of ether oxygens (including phenoxy) is 2. The number of nitrogens with zero attached hydrogens (tertiary/aromatic N) is 5. The fraction of sp³-hybridized carbons (Fsp3) is 0.393. The van der Waals surface area contributed by atoms with Gasteiger partial charge in [-0.2, -0.15) is 0 Å². The summed E-state index contributed by atoms with van der Waals surface area (Å²) in [6.07, 6.45) is 9.47. The van der Waals surface area contributed by atoms with Crippen molar-refractivity contribution in [1.29, 1.82) is 0 Å². The van der Waals surface area contributed by atoms with Crippen molar-refractivity contribution in [1.82, 2.24) is 19.5 Å². The summed E-state index contributed by atoms with van der Waals surface area (Å²) in [5.41, 5.74) is 3.93. The number of imidazole rings is 1. The zero-order chi connectivity index (χ0) is 27.5. The van der Waals surface area contributed by atoms with Crippen molar-refractivity contribution in [2.75, 3.05) is 44.8 Å². The van der Waals surface area contributed by atoms with E-state index < -0.39 is 10.3 Å². The SMILES string of the molecule is COc1cc(OC)cc(N(CCOS(C)(C)C(C)(C)C)c2ccc3ncc(-n4cnc(CO)c4)nc3c2)c1. The Hall–Kier alpha value is -3.34. The molecule has 0 radical (unpaired) electrons. The lowest BCUT2D eigenvalue weighted by Crippen LogP contribution is -2.29. The van der Waals surface area contributed by atoms with Crippen LogP contribution in [0.15, 0.2) is 55.1 Å². The molecule has 0 amide bonds. The molecule has 2 aromatic heterocycles. The molecule has 0 saturated carbocycles. The molecule has 0 unspecified atom stereocenters. The molecule has 9 nitrogen and oxygen atoms in total. The number of benzene rings is 2. The summed E-state index contributed by atoms with van der Waals surface area (Å²) in [6.45, 7) is 7.68. The van der Waals surface area contributed by atoms with Gasteiger partial charge in [0.05, 0.1) is 50.4 Å². The predicted octanol–water partition coefficient (Wildman–Crippen LogP) is 5.26. The molecule has 1 N–H and O–H groups in total. The van der Waals surface area contributed by atoms with E-state index in [-0.39, 0.29) is 11.4 Å². The highest BCUT2D eigenvalue weighted by atomic mass is 32.3. The number of anilines is 2. The third-order valence-corrected chi connectivity index (χ3v) is 10.4. The van der Waals surface area contributed by atoms with Crippen LogP contribution in [0.25, 0.3) is 16.9 Å². The van der Waals surface area contributed by atoms with Gasteiger partial charge in [-0.15, -0.1) is 10.3 Å². The lowest BCUT2D eigenvalue weighted by molar-refractivity contribution is 0.277. The van der Waals surface area contributed by atoms with E-state index in [9.17, 15) is 5.11 Å². The van der Waals surface area contributed by atoms with Gasteiger partial charge in [-0.1, -0.05) is 20.8 Å². The van der Waals surface area contributed by atoms with E-state index in [0.717, 1.165) is 22.4 Å². The van der Waals surface area contributed by atoms with Crippen LogP contribution >= 0.6 is 10.3 Å². The van der Waals surface area contributed by atoms with Gasteiger partial charge in [0.2, 0.25) is 0 Å². The number of aliphatic hydroxyl groups excluding tert-OH is 1. The van der Waals surface area contributed by atoms with E-state index in [2.05, 4.69) is 48.2 Å². The Labute approximate surface area is 225 Å². The Morgan fingerprint density at radius 1 is 0.947 bits per heavy atom. The molecule has 0 spiro atoms. The molecule has 4 rings (SSSR count). The lowest BCUT2D eigenvalue weighted by atomic mass is 10.2. The first-order valence-corrected chi connectivity index (χ1v) is 14.7. The first-order valence-electron chi connectivity index (χ1n) is 12.3. The summed E-state index contributed by atoms with van der Waals surface area (Å²) < 4.78 is 19.4. The van der Waals surface area contributed by atoms with Crippen molar-refractivity contribution < 1.29 is 18.8 Å². The smallest absolute Gasteiger partial charge is 0.157 e. The second-order valence-corrected chi connectivity index (χ2v) is 14.1. The van der Waals surface area contributed by atoms with Gasteiger partial charge in [-0.3, -0.25) is 9.55 Å². The molecule has 4 aromatic rings. The van der Waals surface area contributed by atoms with E-state index in [4.69, 9.17) is 18.6 Å². The first kappa shape index (κ1) is 27.7. The maximum absolute atomic E-state index is 9.37. The number of fused-ring (bicyclic) bond motifs is 1. The molecule has 204 valence electrons. The van der Waals surface area contributed by atoms with Crippen molar-refractivity contribution >= 4 is 32.7 Å². The van der Waals surface area contributed by atoms with E-state index in [1.807, 2.05) is 36.4 Å². The number of hydrogen-bond acceptors (Lipinski definition) is 8. The number of aliphatic hydroxyl groups is 1. The summed E-state index contributed by atoms with van der Waals surface area (Å²) in [7, 11) is 2.01. The first-order chi connectivity index (χ1) is 18.0. The van der Waals surface area contributed by atoms with Crippen LogP contribution in [-0.4, -0.2) is 69.3 Å². The quantitative estimate of drug-likeness (QED) is 0.292. The van der Waals surface area contributed by atoms with Crippen LogP contribution in [-0.2, 0) is 10.8 Å². The monoisotopic (exact) mass is 539 g/mol. The van der Waals surface area contributed by atoms with Crippen molar-refractivity contribution in [3.05, 3.63) is 60.8 Å². The molecule has 0 saturated heterocycles. The molecule has 0 fully saturated rings. The van der Waals surface area contributed by atoms with Crippen LogP contribution in [0.3, 0.4) is 0 Å². The van der Waals surface area contributed by atoms with Crippen LogP contribution in [0.2, 0.25) is 0 Å². The van der Waals surface area contributed by atoms with Gasteiger partial charge >= 0.3 is 0 Å². The van der Waals surface area contributed by atoms with Gasteiger partial charge in [-0.05, 0) is 30.7 Å². The van der Waals surface area contributed by atoms with Crippen molar-refractivity contribution in [2.45, 2.75) is 32.1 Å². The summed E-state index contributed by atoms with van der Waals surface area (Å²) in [5, 5.41) is 9.37. The van der Waals surface area contributed by atoms with Crippen molar-refractivity contribution in [3.8, 4) is 17.3 Å². The third-order valence-electron chi connectivity index (χ3n) is 6.70. The molecule has 0 aliphatic rings. The van der Waals surface area contributed by atoms with E-state index in [1.54, 1.807) is 37.5 Å². The standard InChI is InChI=1S/C28H37N5O4S/c1-28(2,3)38(6,7)37-11-10-33(22-12-23(35-4)15-24(13-22)36-5)21-8-9-25-26(14-21)31-27(16-29-25)32-17-20(18-34)30-19-32/h8-9,12-17,19,34H,10-11,18H2,1-7H3. The van der Waals surface area contributed by atoms with Crippen LogP contribution in [0.5, 0.6) is 11.5 Å². The average Bonchev–Trinajstić information content (AvgIpc) is 3.39. The molecule has 2 aromatic carbocycles. The third kappa shape index (κ3) is 6.03. The summed E-state index contributed by atoms with van der Waals surface area (Å²) >= 11 is 0. The van der Waals surface area contributed by atoms with Gasteiger partial charge in [0, 0.05) is 47.1 Å². The molecule has 10 heteroatoms. The Morgan fingerprint density at radius 2 is 1.66 bits per heavy atom. The Morgan fingerprint density at radius 3 is 2.26 bits per heavy atom. The normalized spacial score (nSPS) is 12.5.